The molecule has 1 N–H and O–H groups in total. The van der Waals surface area contributed by atoms with Crippen LogP contribution >= 0.6 is 0 Å². The number of fused-ring (bicyclic) bond motifs is 1. The van der Waals surface area contributed by atoms with Crippen LogP contribution in [0.4, 0.5) is 17.1 Å². The number of hydrogen-bond donors (Lipinski definition) is 1. The number of rotatable bonds is 4. The molecule has 2 amide bonds. The average molecular weight is 355 g/mol. The van der Waals surface area contributed by atoms with Gasteiger partial charge in [0.05, 0.1) is 21.9 Å². The second kappa shape index (κ2) is 6.83. The van der Waals surface area contributed by atoms with E-state index in [9.17, 15) is 19.7 Å². The third kappa shape index (κ3) is 3.21. The topological polar surface area (TPSA) is 102 Å². The van der Waals surface area contributed by atoms with Gasteiger partial charge in [-0.3, -0.25) is 24.6 Å². The van der Waals surface area contributed by atoms with Crippen molar-refractivity contribution in [2.24, 2.45) is 0 Å². The summed E-state index contributed by atoms with van der Waals surface area (Å²) in [5, 5.41) is 13.7. The molecule has 0 saturated carbocycles. The largest absolute Gasteiger partial charge is 0.479 e. The van der Waals surface area contributed by atoms with E-state index in [1.165, 1.54) is 17.0 Å². The van der Waals surface area contributed by atoms with Gasteiger partial charge in [0.1, 0.15) is 12.3 Å². The summed E-state index contributed by atoms with van der Waals surface area (Å²) in [5.74, 6) is -0.251. The normalized spacial score (nSPS) is 15.8. The van der Waals surface area contributed by atoms with Gasteiger partial charge in [-0.2, -0.15) is 0 Å². The Bertz CT molecular complexity index is 896. The zero-order valence-corrected chi connectivity index (χ0v) is 14.3. The van der Waals surface area contributed by atoms with Crippen molar-refractivity contribution in [3.8, 4) is 5.75 Å². The Labute approximate surface area is 149 Å². The highest BCUT2D eigenvalue weighted by molar-refractivity contribution is 6.06. The zero-order chi connectivity index (χ0) is 18.8. The van der Waals surface area contributed by atoms with E-state index in [-0.39, 0.29) is 18.1 Å². The molecule has 1 atom stereocenters. The Hall–Kier alpha value is -3.42. The molecule has 0 fully saturated rings. The minimum Gasteiger partial charge on any atom is -0.479 e. The predicted molar refractivity (Wildman–Crippen MR) is 95.3 cm³/mol. The lowest BCUT2D eigenvalue weighted by atomic mass is 10.1. The van der Waals surface area contributed by atoms with E-state index in [1.54, 1.807) is 44.2 Å². The number of nitrogens with one attached hydrogen (secondary N) is 1. The highest BCUT2D eigenvalue weighted by atomic mass is 16.6. The van der Waals surface area contributed by atoms with Crippen molar-refractivity contribution in [1.82, 2.24) is 0 Å². The molecule has 2 aromatic carbocycles. The van der Waals surface area contributed by atoms with E-state index < -0.39 is 16.9 Å². The van der Waals surface area contributed by atoms with Crippen LogP contribution in [0.15, 0.2) is 42.5 Å². The number of carbonyl (C=O) groups excluding carboxylic acids is 2. The number of carbonyl (C=O) groups is 2. The van der Waals surface area contributed by atoms with Crippen molar-refractivity contribution in [3.63, 3.8) is 0 Å². The van der Waals surface area contributed by atoms with E-state index in [2.05, 4.69) is 5.32 Å². The number of nitrogens with zero attached hydrogens (tertiary/aromatic N) is 2. The summed E-state index contributed by atoms with van der Waals surface area (Å²) in [6, 6.07) is 11.4. The lowest BCUT2D eigenvalue weighted by molar-refractivity contribution is -0.385. The first-order valence-electron chi connectivity index (χ1n) is 7.99. The number of ether oxygens (including phenoxy) is 1. The summed E-state index contributed by atoms with van der Waals surface area (Å²) in [5.41, 5.74) is 1.13. The SMILES string of the molecule is Cc1c(NC(=O)CN2C(=O)C(C)Oc3ccccc32)cccc1[N+](=O)[O-]. The molecule has 8 nitrogen and oxygen atoms in total. The van der Waals surface area contributed by atoms with Gasteiger partial charge in [0.15, 0.2) is 6.10 Å². The van der Waals surface area contributed by atoms with Crippen molar-refractivity contribution in [1.29, 1.82) is 0 Å². The van der Waals surface area contributed by atoms with Crippen molar-refractivity contribution >= 4 is 28.9 Å². The summed E-state index contributed by atoms with van der Waals surface area (Å²) in [7, 11) is 0. The number of nitro groups is 1. The lowest BCUT2D eigenvalue weighted by Crippen LogP contribution is -2.47. The van der Waals surface area contributed by atoms with Gasteiger partial charge in [-0.05, 0) is 32.0 Å². The third-order valence-corrected chi connectivity index (χ3v) is 4.15. The molecule has 1 heterocycles. The molecule has 0 saturated heterocycles. The van der Waals surface area contributed by atoms with Gasteiger partial charge in [-0.15, -0.1) is 0 Å². The molecular formula is C18H17N3O5. The molecule has 2 aromatic rings. The molecule has 3 rings (SSSR count). The summed E-state index contributed by atoms with van der Waals surface area (Å²) in [6.45, 7) is 2.96. The fraction of sp³-hybridized carbons (Fsp3) is 0.222. The zero-order valence-electron chi connectivity index (χ0n) is 14.3. The molecule has 0 spiro atoms. The molecular weight excluding hydrogens is 338 g/mol. The van der Waals surface area contributed by atoms with E-state index in [0.29, 0.717) is 22.7 Å². The molecule has 26 heavy (non-hydrogen) atoms. The van der Waals surface area contributed by atoms with Crippen LogP contribution in [0.5, 0.6) is 5.75 Å². The summed E-state index contributed by atoms with van der Waals surface area (Å²) in [4.78, 5) is 36.7. The maximum Gasteiger partial charge on any atom is 0.274 e. The first-order valence-corrected chi connectivity index (χ1v) is 7.99. The molecule has 1 aliphatic rings. The standard InChI is InChI=1S/C18H17N3O5/c1-11-13(6-5-8-14(11)21(24)25)19-17(22)10-20-15-7-3-4-9-16(15)26-12(2)18(20)23/h3-9,12H,10H2,1-2H3,(H,19,22). The fourth-order valence-corrected chi connectivity index (χ4v) is 2.81. The predicted octanol–water partition coefficient (Wildman–Crippen LogP) is 2.66. The van der Waals surface area contributed by atoms with Crippen molar-refractivity contribution < 1.29 is 19.2 Å². The van der Waals surface area contributed by atoms with Gasteiger partial charge in [0.2, 0.25) is 5.91 Å². The van der Waals surface area contributed by atoms with Crippen LogP contribution in [0, 0.1) is 17.0 Å². The Morgan fingerprint density at radius 3 is 2.73 bits per heavy atom. The first kappa shape index (κ1) is 17.4. The number of anilines is 2. The summed E-state index contributed by atoms with van der Waals surface area (Å²) >= 11 is 0. The minimum atomic E-state index is -0.697. The van der Waals surface area contributed by atoms with Gasteiger partial charge in [0, 0.05) is 6.07 Å². The maximum absolute atomic E-state index is 12.5. The number of amides is 2. The number of hydrogen-bond acceptors (Lipinski definition) is 5. The second-order valence-corrected chi connectivity index (χ2v) is 5.91. The van der Waals surface area contributed by atoms with Crippen LogP contribution in [0.3, 0.4) is 0 Å². The Kier molecular flexibility index (Phi) is 4.57. The van der Waals surface area contributed by atoms with Crippen LogP contribution < -0.4 is 15.0 Å². The number of benzene rings is 2. The number of para-hydroxylation sites is 2. The van der Waals surface area contributed by atoms with E-state index in [4.69, 9.17) is 4.74 Å². The van der Waals surface area contributed by atoms with Crippen molar-refractivity contribution in [2.75, 3.05) is 16.8 Å². The number of nitro benzene ring substituents is 1. The summed E-state index contributed by atoms with van der Waals surface area (Å²) in [6.07, 6.45) is -0.697. The Morgan fingerprint density at radius 2 is 2.00 bits per heavy atom. The minimum absolute atomic E-state index is 0.0794. The van der Waals surface area contributed by atoms with Crippen molar-refractivity contribution in [3.05, 3.63) is 58.1 Å². The maximum atomic E-state index is 12.5. The molecule has 0 radical (unpaired) electrons. The molecule has 8 heteroatoms. The molecule has 0 aliphatic carbocycles. The molecule has 1 unspecified atom stereocenters. The molecule has 0 bridgehead atoms. The monoisotopic (exact) mass is 355 g/mol. The Balaban J connectivity index is 1.82. The van der Waals surface area contributed by atoms with Crippen LogP contribution in [0.1, 0.15) is 12.5 Å². The molecule has 0 aromatic heterocycles. The molecule has 1 aliphatic heterocycles. The fourth-order valence-electron chi connectivity index (χ4n) is 2.81. The summed E-state index contributed by atoms with van der Waals surface area (Å²) < 4.78 is 5.54. The lowest BCUT2D eigenvalue weighted by Gasteiger charge is -2.32. The quantitative estimate of drug-likeness (QED) is 0.671. The van der Waals surface area contributed by atoms with Gasteiger partial charge in [-0.25, -0.2) is 0 Å². The second-order valence-electron chi connectivity index (χ2n) is 5.91. The Morgan fingerprint density at radius 1 is 1.27 bits per heavy atom. The van der Waals surface area contributed by atoms with Crippen LogP contribution in [0.2, 0.25) is 0 Å². The van der Waals surface area contributed by atoms with E-state index in [0.717, 1.165) is 0 Å². The molecule has 134 valence electrons. The average Bonchev–Trinajstić information content (AvgIpc) is 2.60. The van der Waals surface area contributed by atoms with E-state index >= 15 is 0 Å². The van der Waals surface area contributed by atoms with Crippen LogP contribution in [-0.2, 0) is 9.59 Å². The van der Waals surface area contributed by atoms with Crippen LogP contribution in [-0.4, -0.2) is 29.4 Å². The third-order valence-electron chi connectivity index (χ3n) is 4.15. The van der Waals surface area contributed by atoms with E-state index in [1.807, 2.05) is 0 Å². The van der Waals surface area contributed by atoms with Crippen molar-refractivity contribution in [2.45, 2.75) is 20.0 Å². The smallest absolute Gasteiger partial charge is 0.274 e. The van der Waals surface area contributed by atoms with Gasteiger partial charge in [-0.1, -0.05) is 18.2 Å². The van der Waals surface area contributed by atoms with Gasteiger partial charge < -0.3 is 10.1 Å². The van der Waals surface area contributed by atoms with Gasteiger partial charge in [0.25, 0.3) is 11.6 Å². The highest BCUT2D eigenvalue weighted by Crippen LogP contribution is 2.33. The highest BCUT2D eigenvalue weighted by Gasteiger charge is 2.32. The van der Waals surface area contributed by atoms with Gasteiger partial charge >= 0.3 is 0 Å². The van der Waals surface area contributed by atoms with Crippen LogP contribution in [0.25, 0.3) is 0 Å². The first-order chi connectivity index (χ1) is 12.4.